The second-order valence-electron chi connectivity index (χ2n) is 7.53. The Kier molecular flexibility index (Phi) is 9.27. The largest absolute Gasteiger partial charge is 0.486 e. The third kappa shape index (κ3) is 7.34. The summed E-state index contributed by atoms with van der Waals surface area (Å²) < 4.78 is 10.6. The topological polar surface area (TPSA) is 126 Å². The zero-order chi connectivity index (χ0) is 26.9. The Bertz CT molecular complexity index is 1370. The molecule has 188 valence electrons. The molecule has 3 aromatic rings. The molecule has 0 bridgehead atoms. The lowest BCUT2D eigenvalue weighted by atomic mass is 10.1. The SMILES string of the molecule is CCOC(=O)c1ccc(NC(=O)/C(C#N)=C/c2cc(Cl)c(OCc3ccc(C(=O)O)cc3)c(Cl)c2)cc1. The number of nitrogens with zero attached hydrogens (tertiary/aromatic N) is 1. The van der Waals surface area contributed by atoms with Gasteiger partial charge in [0.15, 0.2) is 5.75 Å². The van der Waals surface area contributed by atoms with Crippen molar-refractivity contribution in [3.63, 3.8) is 0 Å². The fourth-order valence-corrected chi connectivity index (χ4v) is 3.73. The van der Waals surface area contributed by atoms with Crippen LogP contribution in [0.4, 0.5) is 5.69 Å². The fourth-order valence-electron chi connectivity index (χ4n) is 3.12. The summed E-state index contributed by atoms with van der Waals surface area (Å²) in [4.78, 5) is 35.3. The maximum atomic E-state index is 12.6. The molecule has 1 amide bonds. The molecule has 0 fully saturated rings. The molecule has 8 nitrogen and oxygen atoms in total. The Balaban J connectivity index is 1.70. The summed E-state index contributed by atoms with van der Waals surface area (Å²) >= 11 is 12.7. The van der Waals surface area contributed by atoms with Gasteiger partial charge < -0.3 is 19.9 Å². The fraction of sp³-hybridized carbons (Fsp3) is 0.111. The maximum Gasteiger partial charge on any atom is 0.338 e. The minimum atomic E-state index is -1.03. The third-order valence-electron chi connectivity index (χ3n) is 4.93. The summed E-state index contributed by atoms with van der Waals surface area (Å²) in [6.07, 6.45) is 1.33. The van der Waals surface area contributed by atoms with Crippen molar-refractivity contribution in [3.05, 3.63) is 98.5 Å². The molecule has 0 aliphatic rings. The standard InChI is InChI=1S/C27H20Cl2N2O6/c1-2-36-27(35)19-7-9-21(10-8-19)31-25(32)20(14-30)11-17-12-22(28)24(23(29)13-17)37-15-16-3-5-18(6-4-16)26(33)34/h3-13H,2,15H2,1H3,(H,31,32)(H,33,34)/b20-11+. The molecule has 3 rings (SSSR count). The molecule has 2 N–H and O–H groups in total. The van der Waals surface area contributed by atoms with Crippen LogP contribution in [-0.4, -0.2) is 29.6 Å². The lowest BCUT2D eigenvalue weighted by Gasteiger charge is -2.11. The minimum absolute atomic E-state index is 0.0926. The number of rotatable bonds is 9. The van der Waals surface area contributed by atoms with E-state index < -0.39 is 17.8 Å². The number of ether oxygens (including phenoxy) is 2. The van der Waals surface area contributed by atoms with E-state index in [2.05, 4.69) is 5.32 Å². The van der Waals surface area contributed by atoms with Gasteiger partial charge in [0.1, 0.15) is 18.2 Å². The van der Waals surface area contributed by atoms with Gasteiger partial charge in [-0.3, -0.25) is 4.79 Å². The van der Waals surface area contributed by atoms with Crippen LogP contribution in [0.2, 0.25) is 10.0 Å². The highest BCUT2D eigenvalue weighted by molar-refractivity contribution is 6.37. The third-order valence-corrected chi connectivity index (χ3v) is 5.50. The predicted octanol–water partition coefficient (Wildman–Crippen LogP) is 5.99. The lowest BCUT2D eigenvalue weighted by Crippen LogP contribution is -2.13. The molecule has 0 unspecified atom stereocenters. The highest BCUT2D eigenvalue weighted by Gasteiger charge is 2.14. The van der Waals surface area contributed by atoms with E-state index in [1.165, 1.54) is 54.6 Å². The Labute approximate surface area is 222 Å². The van der Waals surface area contributed by atoms with Crippen molar-refractivity contribution in [1.82, 2.24) is 0 Å². The zero-order valence-corrected chi connectivity index (χ0v) is 21.0. The number of carbonyl (C=O) groups excluding carboxylic acids is 2. The van der Waals surface area contributed by atoms with Crippen molar-refractivity contribution in [2.24, 2.45) is 0 Å². The molecule has 0 aliphatic carbocycles. The van der Waals surface area contributed by atoms with Crippen LogP contribution in [-0.2, 0) is 16.1 Å². The van der Waals surface area contributed by atoms with Crippen molar-refractivity contribution < 1.29 is 29.0 Å². The molecule has 0 aliphatic heterocycles. The molecule has 0 saturated heterocycles. The molecule has 0 saturated carbocycles. The molecule has 37 heavy (non-hydrogen) atoms. The van der Waals surface area contributed by atoms with E-state index in [1.807, 2.05) is 6.07 Å². The van der Waals surface area contributed by atoms with E-state index in [1.54, 1.807) is 19.1 Å². The number of carboxylic acid groups (broad SMARTS) is 1. The van der Waals surface area contributed by atoms with Gasteiger partial charge in [-0.25, -0.2) is 9.59 Å². The Morgan fingerprint density at radius 1 is 1.00 bits per heavy atom. The second kappa shape index (κ2) is 12.6. The molecular formula is C27H20Cl2N2O6. The molecule has 0 atom stereocenters. The van der Waals surface area contributed by atoms with Crippen LogP contribution >= 0.6 is 23.2 Å². The highest BCUT2D eigenvalue weighted by atomic mass is 35.5. The van der Waals surface area contributed by atoms with Crippen LogP contribution in [0.5, 0.6) is 5.75 Å². The minimum Gasteiger partial charge on any atom is -0.486 e. The first-order valence-electron chi connectivity index (χ1n) is 10.9. The summed E-state index contributed by atoms with van der Waals surface area (Å²) in [5.74, 6) is -1.97. The van der Waals surface area contributed by atoms with E-state index in [4.69, 9.17) is 37.8 Å². The summed E-state index contributed by atoms with van der Waals surface area (Å²) in [7, 11) is 0. The molecule has 0 radical (unpaired) electrons. The average molecular weight is 539 g/mol. The van der Waals surface area contributed by atoms with Gasteiger partial charge in [0.2, 0.25) is 0 Å². The number of aromatic carboxylic acids is 1. The number of amides is 1. The van der Waals surface area contributed by atoms with Gasteiger partial charge >= 0.3 is 11.9 Å². The van der Waals surface area contributed by atoms with E-state index in [9.17, 15) is 19.6 Å². The Morgan fingerprint density at radius 3 is 2.14 bits per heavy atom. The molecule has 10 heteroatoms. The number of benzene rings is 3. The first-order valence-corrected chi connectivity index (χ1v) is 11.6. The summed E-state index contributed by atoms with van der Waals surface area (Å²) in [6.45, 7) is 2.04. The highest BCUT2D eigenvalue weighted by Crippen LogP contribution is 2.35. The number of nitrogens with one attached hydrogen (secondary N) is 1. The van der Waals surface area contributed by atoms with E-state index >= 15 is 0 Å². The average Bonchev–Trinajstić information content (AvgIpc) is 2.87. The van der Waals surface area contributed by atoms with Crippen molar-refractivity contribution >= 4 is 52.8 Å². The predicted molar refractivity (Wildman–Crippen MR) is 139 cm³/mol. The van der Waals surface area contributed by atoms with Gasteiger partial charge in [0, 0.05) is 5.69 Å². The number of halogens is 2. The van der Waals surface area contributed by atoms with Gasteiger partial charge in [0.05, 0.1) is 27.8 Å². The van der Waals surface area contributed by atoms with Crippen LogP contribution in [0.15, 0.2) is 66.2 Å². The smallest absolute Gasteiger partial charge is 0.338 e. The summed E-state index contributed by atoms with van der Waals surface area (Å²) in [5.41, 5.74) is 1.78. The normalized spacial score (nSPS) is 10.8. The maximum absolute atomic E-state index is 12.6. The molecule has 0 heterocycles. The Morgan fingerprint density at radius 2 is 1.59 bits per heavy atom. The van der Waals surface area contributed by atoms with Crippen molar-refractivity contribution in [2.45, 2.75) is 13.5 Å². The van der Waals surface area contributed by atoms with Gasteiger partial charge in [-0.15, -0.1) is 0 Å². The molecule has 0 spiro atoms. The van der Waals surface area contributed by atoms with Crippen molar-refractivity contribution in [3.8, 4) is 11.8 Å². The quantitative estimate of drug-likeness (QED) is 0.194. The number of anilines is 1. The summed E-state index contributed by atoms with van der Waals surface area (Å²) in [6, 6.07) is 17.0. The number of esters is 1. The van der Waals surface area contributed by atoms with Gasteiger partial charge in [-0.2, -0.15) is 5.26 Å². The van der Waals surface area contributed by atoms with Crippen molar-refractivity contribution in [1.29, 1.82) is 5.26 Å². The van der Waals surface area contributed by atoms with Gasteiger partial charge in [-0.05, 0) is 72.7 Å². The molecule has 0 aromatic heterocycles. The van der Waals surface area contributed by atoms with Crippen LogP contribution in [0.25, 0.3) is 6.08 Å². The Hall–Kier alpha value is -4.32. The number of carboxylic acids is 1. The number of carbonyl (C=O) groups is 3. The van der Waals surface area contributed by atoms with Gasteiger partial charge in [-0.1, -0.05) is 35.3 Å². The van der Waals surface area contributed by atoms with Crippen LogP contribution in [0.3, 0.4) is 0 Å². The van der Waals surface area contributed by atoms with Gasteiger partial charge in [0.25, 0.3) is 5.91 Å². The zero-order valence-electron chi connectivity index (χ0n) is 19.5. The van der Waals surface area contributed by atoms with Crippen molar-refractivity contribution in [2.75, 3.05) is 11.9 Å². The van der Waals surface area contributed by atoms with Crippen LogP contribution in [0.1, 0.15) is 38.8 Å². The molecular weight excluding hydrogens is 519 g/mol. The lowest BCUT2D eigenvalue weighted by molar-refractivity contribution is -0.112. The first kappa shape index (κ1) is 27.3. The van der Waals surface area contributed by atoms with Crippen LogP contribution < -0.4 is 10.1 Å². The van der Waals surface area contributed by atoms with E-state index in [0.29, 0.717) is 22.4 Å². The van der Waals surface area contributed by atoms with Crippen LogP contribution in [0, 0.1) is 11.3 Å². The molecule has 3 aromatic carbocycles. The summed E-state index contributed by atoms with van der Waals surface area (Å²) in [5, 5.41) is 21.4. The first-order chi connectivity index (χ1) is 17.7. The second-order valence-corrected chi connectivity index (χ2v) is 8.34. The van der Waals surface area contributed by atoms with E-state index in [0.717, 1.165) is 0 Å². The monoisotopic (exact) mass is 538 g/mol. The number of nitriles is 1. The number of hydrogen-bond acceptors (Lipinski definition) is 6. The number of hydrogen-bond donors (Lipinski definition) is 2. The van der Waals surface area contributed by atoms with E-state index in [-0.39, 0.29) is 40.1 Å².